The molecular formula is C8H18N2O. The van der Waals surface area contributed by atoms with Gasteiger partial charge in [0.15, 0.2) is 0 Å². The van der Waals surface area contributed by atoms with Crippen molar-refractivity contribution in [2.45, 2.75) is 32.0 Å². The number of ether oxygens (including phenoxy) is 1. The van der Waals surface area contributed by atoms with E-state index in [2.05, 4.69) is 12.2 Å². The molecule has 0 aromatic heterocycles. The zero-order chi connectivity index (χ0) is 8.10. The summed E-state index contributed by atoms with van der Waals surface area (Å²) in [5.41, 5.74) is 5.44. The first-order valence-electron chi connectivity index (χ1n) is 4.43. The molecule has 1 saturated heterocycles. The molecular weight excluding hydrogens is 140 g/mol. The van der Waals surface area contributed by atoms with E-state index in [4.69, 9.17) is 10.5 Å². The average molecular weight is 158 g/mol. The standard InChI is InChI=1S/C8H18N2O/c1-2-7(3-4-9)11-8-5-10-6-8/h7-8,10H,2-6,9H2,1H3. The first-order valence-corrected chi connectivity index (χ1v) is 4.43. The Hall–Kier alpha value is -0.120. The summed E-state index contributed by atoms with van der Waals surface area (Å²) >= 11 is 0. The predicted octanol–water partition coefficient (Wildman–Crippen LogP) is 0.102. The van der Waals surface area contributed by atoms with Crippen LogP contribution in [0, 0.1) is 0 Å². The normalized spacial score (nSPS) is 21.3. The quantitative estimate of drug-likeness (QED) is 0.596. The lowest BCUT2D eigenvalue weighted by Gasteiger charge is -2.31. The summed E-state index contributed by atoms with van der Waals surface area (Å²) in [6, 6.07) is 0. The minimum Gasteiger partial charge on any atom is -0.372 e. The van der Waals surface area contributed by atoms with Gasteiger partial charge in [-0.15, -0.1) is 0 Å². The number of hydrogen-bond acceptors (Lipinski definition) is 3. The van der Waals surface area contributed by atoms with Crippen LogP contribution >= 0.6 is 0 Å². The van der Waals surface area contributed by atoms with Gasteiger partial charge in [-0.1, -0.05) is 6.92 Å². The third-order valence-electron chi connectivity index (χ3n) is 2.07. The van der Waals surface area contributed by atoms with Crippen LogP contribution in [0.1, 0.15) is 19.8 Å². The molecule has 1 aliphatic heterocycles. The van der Waals surface area contributed by atoms with Gasteiger partial charge in [0.25, 0.3) is 0 Å². The van der Waals surface area contributed by atoms with E-state index in [9.17, 15) is 0 Å². The molecule has 1 unspecified atom stereocenters. The third-order valence-corrected chi connectivity index (χ3v) is 2.07. The Morgan fingerprint density at radius 1 is 1.64 bits per heavy atom. The molecule has 3 N–H and O–H groups in total. The fourth-order valence-corrected chi connectivity index (χ4v) is 1.18. The van der Waals surface area contributed by atoms with E-state index in [1.807, 2.05) is 0 Å². The highest BCUT2D eigenvalue weighted by Gasteiger charge is 2.20. The first kappa shape index (κ1) is 8.97. The Balaban J connectivity index is 2.08. The molecule has 0 aromatic carbocycles. The third kappa shape index (κ3) is 2.77. The summed E-state index contributed by atoms with van der Waals surface area (Å²) in [4.78, 5) is 0. The molecule has 11 heavy (non-hydrogen) atoms. The average Bonchev–Trinajstić information content (AvgIpc) is 1.94. The molecule has 1 atom stereocenters. The minimum atomic E-state index is 0.382. The van der Waals surface area contributed by atoms with Crippen LogP contribution in [0.3, 0.4) is 0 Å². The van der Waals surface area contributed by atoms with E-state index >= 15 is 0 Å². The Morgan fingerprint density at radius 3 is 2.73 bits per heavy atom. The lowest BCUT2D eigenvalue weighted by Crippen LogP contribution is -2.50. The van der Waals surface area contributed by atoms with Crippen molar-refractivity contribution in [3.8, 4) is 0 Å². The molecule has 66 valence electrons. The van der Waals surface area contributed by atoms with E-state index in [0.717, 1.165) is 32.5 Å². The van der Waals surface area contributed by atoms with Crippen LogP contribution in [0.2, 0.25) is 0 Å². The van der Waals surface area contributed by atoms with E-state index in [1.165, 1.54) is 0 Å². The summed E-state index contributed by atoms with van der Waals surface area (Å²) < 4.78 is 5.73. The predicted molar refractivity (Wildman–Crippen MR) is 45.5 cm³/mol. The smallest absolute Gasteiger partial charge is 0.0827 e. The maximum absolute atomic E-state index is 5.73. The Bertz CT molecular complexity index is 104. The highest BCUT2D eigenvalue weighted by molar-refractivity contribution is 4.76. The largest absolute Gasteiger partial charge is 0.372 e. The molecule has 0 spiro atoms. The molecule has 3 heteroatoms. The van der Waals surface area contributed by atoms with Crippen LogP contribution in [-0.2, 0) is 4.74 Å². The zero-order valence-corrected chi connectivity index (χ0v) is 7.18. The highest BCUT2D eigenvalue weighted by atomic mass is 16.5. The summed E-state index contributed by atoms with van der Waals surface area (Å²) in [6.07, 6.45) is 2.90. The molecule has 1 rings (SSSR count). The lowest BCUT2D eigenvalue weighted by molar-refractivity contribution is -0.0410. The molecule has 3 nitrogen and oxygen atoms in total. The van der Waals surface area contributed by atoms with E-state index < -0.39 is 0 Å². The van der Waals surface area contributed by atoms with Crippen molar-refractivity contribution >= 4 is 0 Å². The molecule has 0 radical (unpaired) electrons. The first-order chi connectivity index (χ1) is 5.36. The second kappa shape index (κ2) is 4.70. The summed E-state index contributed by atoms with van der Waals surface area (Å²) in [6.45, 7) is 4.91. The van der Waals surface area contributed by atoms with E-state index in [-0.39, 0.29) is 0 Å². The molecule has 0 amide bonds. The number of nitrogens with two attached hydrogens (primary N) is 1. The van der Waals surface area contributed by atoms with Crippen molar-refractivity contribution < 1.29 is 4.74 Å². The van der Waals surface area contributed by atoms with Crippen LogP contribution in [0.15, 0.2) is 0 Å². The van der Waals surface area contributed by atoms with Crippen molar-refractivity contribution in [2.75, 3.05) is 19.6 Å². The van der Waals surface area contributed by atoms with Crippen LogP contribution in [0.25, 0.3) is 0 Å². The molecule has 0 aliphatic carbocycles. The summed E-state index contributed by atoms with van der Waals surface area (Å²) in [5, 5.41) is 3.18. The number of rotatable bonds is 5. The van der Waals surface area contributed by atoms with E-state index in [1.54, 1.807) is 0 Å². The Kier molecular flexibility index (Phi) is 3.83. The van der Waals surface area contributed by atoms with Gasteiger partial charge in [0.2, 0.25) is 0 Å². The Labute approximate surface area is 68.3 Å². The summed E-state index contributed by atoms with van der Waals surface area (Å²) in [7, 11) is 0. The van der Waals surface area contributed by atoms with Gasteiger partial charge in [0.1, 0.15) is 0 Å². The maximum atomic E-state index is 5.73. The molecule has 0 saturated carbocycles. The van der Waals surface area contributed by atoms with Crippen LogP contribution in [0.4, 0.5) is 0 Å². The fourth-order valence-electron chi connectivity index (χ4n) is 1.18. The molecule has 0 bridgehead atoms. The Morgan fingerprint density at radius 2 is 2.36 bits per heavy atom. The topological polar surface area (TPSA) is 47.3 Å². The van der Waals surface area contributed by atoms with Gasteiger partial charge in [-0.05, 0) is 19.4 Å². The number of hydrogen-bond donors (Lipinski definition) is 2. The second-order valence-electron chi connectivity index (χ2n) is 3.02. The van der Waals surface area contributed by atoms with Crippen molar-refractivity contribution in [1.82, 2.24) is 5.32 Å². The molecule has 1 fully saturated rings. The zero-order valence-electron chi connectivity index (χ0n) is 7.18. The van der Waals surface area contributed by atoms with Gasteiger partial charge in [-0.25, -0.2) is 0 Å². The molecule has 1 heterocycles. The van der Waals surface area contributed by atoms with Crippen molar-refractivity contribution in [3.05, 3.63) is 0 Å². The lowest BCUT2D eigenvalue weighted by atomic mass is 10.1. The number of nitrogens with one attached hydrogen (secondary N) is 1. The van der Waals surface area contributed by atoms with Crippen LogP contribution in [-0.4, -0.2) is 31.8 Å². The van der Waals surface area contributed by atoms with Gasteiger partial charge in [-0.3, -0.25) is 0 Å². The van der Waals surface area contributed by atoms with Gasteiger partial charge < -0.3 is 15.8 Å². The van der Waals surface area contributed by atoms with Gasteiger partial charge in [0.05, 0.1) is 12.2 Å². The summed E-state index contributed by atoms with van der Waals surface area (Å²) in [5.74, 6) is 0. The van der Waals surface area contributed by atoms with E-state index in [0.29, 0.717) is 12.2 Å². The highest BCUT2D eigenvalue weighted by Crippen LogP contribution is 2.08. The van der Waals surface area contributed by atoms with Crippen molar-refractivity contribution in [3.63, 3.8) is 0 Å². The van der Waals surface area contributed by atoms with Crippen LogP contribution < -0.4 is 11.1 Å². The SMILES string of the molecule is CCC(CCN)OC1CNC1. The fraction of sp³-hybridized carbons (Fsp3) is 1.00. The monoisotopic (exact) mass is 158 g/mol. The van der Waals surface area contributed by atoms with Crippen LogP contribution in [0.5, 0.6) is 0 Å². The minimum absolute atomic E-state index is 0.382. The van der Waals surface area contributed by atoms with Crippen molar-refractivity contribution in [2.24, 2.45) is 5.73 Å². The van der Waals surface area contributed by atoms with Crippen molar-refractivity contribution in [1.29, 1.82) is 0 Å². The molecule has 0 aromatic rings. The second-order valence-corrected chi connectivity index (χ2v) is 3.02. The van der Waals surface area contributed by atoms with Gasteiger partial charge in [0, 0.05) is 13.1 Å². The maximum Gasteiger partial charge on any atom is 0.0827 e. The van der Waals surface area contributed by atoms with Gasteiger partial charge in [-0.2, -0.15) is 0 Å². The molecule has 1 aliphatic rings. The van der Waals surface area contributed by atoms with Gasteiger partial charge >= 0.3 is 0 Å².